The topological polar surface area (TPSA) is 133 Å². The molecule has 3 aromatic carbocycles. The molecule has 11 heteroatoms. The maximum atomic E-state index is 7.32. The van der Waals surface area contributed by atoms with E-state index in [4.69, 9.17) is 57.2 Å². The molecule has 3 unspecified atom stereocenters. The Morgan fingerprint density at radius 2 is 1.07 bits per heavy atom. The Bertz CT molecular complexity index is 1320. The minimum Gasteiger partial charge on any atom is -0.496 e. The van der Waals surface area contributed by atoms with Crippen LogP contribution < -0.4 is 45.6 Å². The highest BCUT2D eigenvalue weighted by atomic mass is 79.9. The molecular weight excluding hydrogens is 626 g/mol. The van der Waals surface area contributed by atoms with Gasteiger partial charge in [-0.25, -0.2) is 0 Å². The number of halogens is 2. The maximum Gasteiger partial charge on any atom is 0.137 e. The second-order valence-corrected chi connectivity index (χ2v) is 11.4. The molecule has 0 amide bonds. The van der Waals surface area contributed by atoms with Crippen LogP contribution in [0.2, 0.25) is 5.02 Å². The lowest BCUT2D eigenvalue weighted by molar-refractivity contribution is 0.268. The Morgan fingerprint density at radius 1 is 0.643 bits per heavy atom. The summed E-state index contributed by atoms with van der Waals surface area (Å²) < 4.78 is 34.4. The van der Waals surface area contributed by atoms with Crippen molar-refractivity contribution in [3.63, 3.8) is 0 Å². The first-order chi connectivity index (χ1) is 20.0. The summed E-state index contributed by atoms with van der Waals surface area (Å²) in [6, 6.07) is 9.80. The van der Waals surface area contributed by atoms with Crippen molar-refractivity contribution in [2.45, 2.75) is 43.8 Å². The number of ether oxygens (including phenoxy) is 6. The number of methoxy groups -OCH3 is 6. The minimum absolute atomic E-state index is 0.278. The Hall–Kier alpha value is -2.89. The molecule has 3 aromatic rings. The third-order valence-electron chi connectivity index (χ3n) is 7.66. The molecule has 0 aliphatic carbocycles. The summed E-state index contributed by atoms with van der Waals surface area (Å²) >= 11 is 9.89. The van der Waals surface area contributed by atoms with Gasteiger partial charge in [-0.2, -0.15) is 0 Å². The molecule has 0 spiro atoms. The van der Waals surface area contributed by atoms with Crippen molar-refractivity contribution in [2.75, 3.05) is 42.7 Å². The van der Waals surface area contributed by atoms with Crippen molar-refractivity contribution in [3.8, 4) is 34.5 Å². The van der Waals surface area contributed by atoms with Crippen molar-refractivity contribution >= 4 is 27.5 Å². The molecule has 0 aliphatic heterocycles. The van der Waals surface area contributed by atoms with Gasteiger partial charge in [-0.05, 0) is 94.7 Å². The van der Waals surface area contributed by atoms with E-state index in [0.717, 1.165) is 32.5 Å². The molecule has 3 atom stereocenters. The van der Waals surface area contributed by atoms with E-state index in [1.54, 1.807) is 48.7 Å². The standard InChI is InChI=1S/C31H41BrClN3O6/c1-17-8-24(38-3)18(9-23(17)37-2)12-29(34)31(36,16-20-11-27(41-6)21(32)14-25(20)39-4)30(35)13-19-10-28(42-7)22(33)15-26(19)40-5/h8-11,14-15,29-30H,12-13,16,34-36H2,1-7H3. The highest BCUT2D eigenvalue weighted by molar-refractivity contribution is 9.10. The first kappa shape index (κ1) is 33.6. The number of hydrogen-bond donors (Lipinski definition) is 3. The third kappa shape index (κ3) is 7.18. The molecule has 9 nitrogen and oxygen atoms in total. The lowest BCUT2D eigenvalue weighted by atomic mass is 9.74. The van der Waals surface area contributed by atoms with E-state index in [1.165, 1.54) is 0 Å². The van der Waals surface area contributed by atoms with E-state index in [9.17, 15) is 0 Å². The second-order valence-electron chi connectivity index (χ2n) is 10.1. The Morgan fingerprint density at radius 3 is 1.57 bits per heavy atom. The van der Waals surface area contributed by atoms with Crippen LogP contribution in [0, 0.1) is 6.92 Å². The predicted molar refractivity (Wildman–Crippen MR) is 170 cm³/mol. The minimum atomic E-state index is -1.16. The van der Waals surface area contributed by atoms with Crippen LogP contribution in [0.1, 0.15) is 22.3 Å². The summed E-state index contributed by atoms with van der Waals surface area (Å²) in [5.41, 5.74) is 23.6. The van der Waals surface area contributed by atoms with E-state index < -0.39 is 17.6 Å². The average molecular weight is 667 g/mol. The summed E-state index contributed by atoms with van der Waals surface area (Å²) in [7, 11) is 9.58. The SMILES string of the molecule is COc1cc(CC(N)C(N)(Cc2cc(OC)c(Br)cc2OC)C(N)Cc2cc(OC)c(Cl)cc2OC)c(OC)cc1C. The molecule has 0 radical (unpaired) electrons. The largest absolute Gasteiger partial charge is 0.496 e. The molecule has 0 fully saturated rings. The second kappa shape index (κ2) is 14.5. The number of nitrogens with two attached hydrogens (primary N) is 3. The van der Waals surface area contributed by atoms with Gasteiger partial charge in [-0.1, -0.05) is 11.6 Å². The van der Waals surface area contributed by atoms with Crippen LogP contribution in [0.25, 0.3) is 0 Å². The Kier molecular flexibility index (Phi) is 11.6. The molecule has 0 saturated heterocycles. The van der Waals surface area contributed by atoms with Crippen molar-refractivity contribution in [3.05, 3.63) is 68.1 Å². The predicted octanol–water partition coefficient (Wildman–Crippen LogP) is 4.84. The van der Waals surface area contributed by atoms with E-state index in [-0.39, 0.29) is 6.42 Å². The van der Waals surface area contributed by atoms with Gasteiger partial charge in [0.05, 0.1) is 57.7 Å². The van der Waals surface area contributed by atoms with Crippen molar-refractivity contribution in [1.29, 1.82) is 0 Å². The molecule has 230 valence electrons. The van der Waals surface area contributed by atoms with Gasteiger partial charge < -0.3 is 45.6 Å². The lowest BCUT2D eigenvalue weighted by Gasteiger charge is -2.41. The highest BCUT2D eigenvalue weighted by Crippen LogP contribution is 2.38. The zero-order valence-electron chi connectivity index (χ0n) is 25.2. The summed E-state index contributed by atoms with van der Waals surface area (Å²) in [4.78, 5) is 0. The summed E-state index contributed by atoms with van der Waals surface area (Å²) in [6.45, 7) is 1.95. The van der Waals surface area contributed by atoms with Crippen molar-refractivity contribution < 1.29 is 28.4 Å². The molecule has 0 bridgehead atoms. The number of rotatable bonds is 14. The normalized spacial score (nSPS) is 14.0. The molecular formula is C31H41BrClN3O6. The van der Waals surface area contributed by atoms with Crippen LogP contribution in [0.5, 0.6) is 34.5 Å². The van der Waals surface area contributed by atoms with E-state index in [2.05, 4.69) is 15.9 Å². The van der Waals surface area contributed by atoms with Gasteiger partial charge in [0.1, 0.15) is 34.5 Å². The van der Waals surface area contributed by atoms with E-state index in [0.29, 0.717) is 46.6 Å². The summed E-state index contributed by atoms with van der Waals surface area (Å²) in [5, 5.41) is 0.425. The summed E-state index contributed by atoms with van der Waals surface area (Å²) in [5.74, 6) is 3.73. The van der Waals surface area contributed by atoms with Gasteiger partial charge in [-0.15, -0.1) is 0 Å². The van der Waals surface area contributed by atoms with Crippen molar-refractivity contribution in [2.24, 2.45) is 17.2 Å². The van der Waals surface area contributed by atoms with Gasteiger partial charge in [-0.3, -0.25) is 0 Å². The lowest BCUT2D eigenvalue weighted by Crippen LogP contribution is -2.68. The smallest absolute Gasteiger partial charge is 0.137 e. The fourth-order valence-electron chi connectivity index (χ4n) is 5.14. The Labute approximate surface area is 261 Å². The first-order valence-electron chi connectivity index (χ1n) is 13.3. The van der Waals surface area contributed by atoms with Crippen LogP contribution in [0.15, 0.2) is 40.9 Å². The zero-order valence-corrected chi connectivity index (χ0v) is 27.5. The van der Waals surface area contributed by atoms with Gasteiger partial charge in [0, 0.05) is 18.2 Å². The highest BCUT2D eigenvalue weighted by Gasteiger charge is 2.41. The monoisotopic (exact) mass is 665 g/mol. The number of benzene rings is 3. The maximum absolute atomic E-state index is 7.32. The molecule has 6 N–H and O–H groups in total. The molecule has 42 heavy (non-hydrogen) atoms. The first-order valence-corrected chi connectivity index (χ1v) is 14.5. The molecule has 0 aliphatic rings. The van der Waals surface area contributed by atoms with Gasteiger partial charge >= 0.3 is 0 Å². The molecule has 0 heterocycles. The van der Waals surface area contributed by atoms with Crippen LogP contribution in [0.3, 0.4) is 0 Å². The molecule has 0 aromatic heterocycles. The van der Waals surface area contributed by atoms with Crippen LogP contribution in [-0.2, 0) is 19.3 Å². The van der Waals surface area contributed by atoms with Crippen LogP contribution >= 0.6 is 27.5 Å². The van der Waals surface area contributed by atoms with Crippen LogP contribution in [-0.4, -0.2) is 60.3 Å². The van der Waals surface area contributed by atoms with Crippen molar-refractivity contribution in [1.82, 2.24) is 0 Å². The van der Waals surface area contributed by atoms with Gasteiger partial charge in [0.2, 0.25) is 0 Å². The van der Waals surface area contributed by atoms with E-state index in [1.807, 2.05) is 37.3 Å². The molecule has 0 saturated carbocycles. The quantitative estimate of drug-likeness (QED) is 0.221. The number of hydrogen-bond acceptors (Lipinski definition) is 9. The van der Waals surface area contributed by atoms with Crippen LogP contribution in [0.4, 0.5) is 0 Å². The van der Waals surface area contributed by atoms with E-state index >= 15 is 0 Å². The Balaban J connectivity index is 2.13. The fourth-order valence-corrected chi connectivity index (χ4v) is 5.85. The molecule has 3 rings (SSSR count). The van der Waals surface area contributed by atoms with Gasteiger partial charge in [0.25, 0.3) is 0 Å². The third-order valence-corrected chi connectivity index (χ3v) is 8.58. The zero-order chi connectivity index (χ0) is 31.2. The average Bonchev–Trinajstić information content (AvgIpc) is 2.98. The summed E-state index contributed by atoms with van der Waals surface area (Å²) in [6.07, 6.45) is 0.965. The van der Waals surface area contributed by atoms with Gasteiger partial charge in [0.15, 0.2) is 0 Å². The fraction of sp³-hybridized carbons (Fsp3) is 0.419. The number of aryl methyl sites for hydroxylation is 1.